The lowest BCUT2D eigenvalue weighted by Crippen LogP contribution is -2.39. The summed E-state index contributed by atoms with van der Waals surface area (Å²) in [7, 11) is 0. The molecule has 0 saturated carbocycles. The lowest BCUT2D eigenvalue weighted by Gasteiger charge is -2.28. The quantitative estimate of drug-likeness (QED) is 0.701. The van der Waals surface area contributed by atoms with Gasteiger partial charge >= 0.3 is 0 Å². The number of anilines is 1. The summed E-state index contributed by atoms with van der Waals surface area (Å²) in [4.78, 5) is 2.08. The number of thiocarbonyl (C=S) groups is 1. The molecule has 1 heterocycles. The first kappa shape index (κ1) is 19.6. The van der Waals surface area contributed by atoms with Crippen LogP contribution in [0, 0.1) is 5.82 Å². The van der Waals surface area contributed by atoms with Crippen LogP contribution in [0.15, 0.2) is 48.5 Å². The standard InChI is InChI=1S/C21H25FN2O2S/c1-2-25-19-11-9-18(10-12-19)23-21(27)24(15-20-4-3-13-26-20)14-16-5-7-17(22)8-6-16/h5-12,20H,2-4,13-15H2,1H3,(H,23,27). The summed E-state index contributed by atoms with van der Waals surface area (Å²) in [6.07, 6.45) is 2.28. The minimum absolute atomic E-state index is 0.172. The average molecular weight is 389 g/mol. The smallest absolute Gasteiger partial charge is 0.173 e. The number of halogens is 1. The molecule has 3 rings (SSSR count). The van der Waals surface area contributed by atoms with E-state index in [-0.39, 0.29) is 11.9 Å². The monoisotopic (exact) mass is 388 g/mol. The Hall–Kier alpha value is -2.18. The van der Waals surface area contributed by atoms with Gasteiger partial charge in [0.15, 0.2) is 5.11 Å². The Balaban J connectivity index is 1.67. The summed E-state index contributed by atoms with van der Waals surface area (Å²) in [5.41, 5.74) is 1.91. The molecular formula is C21H25FN2O2S. The van der Waals surface area contributed by atoms with Crippen LogP contribution in [0.1, 0.15) is 25.3 Å². The first-order valence-corrected chi connectivity index (χ1v) is 9.69. The van der Waals surface area contributed by atoms with Crippen LogP contribution in [-0.2, 0) is 11.3 Å². The number of benzene rings is 2. The summed E-state index contributed by atoms with van der Waals surface area (Å²) >= 11 is 5.66. The lowest BCUT2D eigenvalue weighted by molar-refractivity contribution is 0.0905. The topological polar surface area (TPSA) is 33.7 Å². The third-order valence-electron chi connectivity index (χ3n) is 4.44. The van der Waals surface area contributed by atoms with E-state index in [9.17, 15) is 4.39 Å². The number of hydrogen-bond acceptors (Lipinski definition) is 3. The first-order chi connectivity index (χ1) is 13.1. The molecule has 0 bridgehead atoms. The highest BCUT2D eigenvalue weighted by molar-refractivity contribution is 7.80. The molecule has 2 aromatic rings. The van der Waals surface area contributed by atoms with Crippen LogP contribution in [-0.4, -0.2) is 35.9 Å². The molecule has 2 aromatic carbocycles. The highest BCUT2D eigenvalue weighted by Crippen LogP contribution is 2.19. The summed E-state index contributed by atoms with van der Waals surface area (Å²) in [5, 5.41) is 3.91. The maximum atomic E-state index is 13.2. The molecule has 0 aliphatic carbocycles. The molecule has 1 aliphatic rings. The minimum atomic E-state index is -0.237. The molecule has 144 valence electrons. The Morgan fingerprint density at radius 2 is 1.96 bits per heavy atom. The van der Waals surface area contributed by atoms with Crippen molar-refractivity contribution in [1.29, 1.82) is 0 Å². The molecule has 0 aromatic heterocycles. The Bertz CT molecular complexity index is 731. The SMILES string of the molecule is CCOc1ccc(NC(=S)N(Cc2ccc(F)cc2)CC2CCCO2)cc1. The molecule has 6 heteroatoms. The summed E-state index contributed by atoms with van der Waals surface area (Å²) < 4.78 is 24.5. The van der Waals surface area contributed by atoms with E-state index >= 15 is 0 Å². The van der Waals surface area contributed by atoms with Gasteiger partial charge in [-0.3, -0.25) is 0 Å². The van der Waals surface area contributed by atoms with E-state index in [1.807, 2.05) is 31.2 Å². The van der Waals surface area contributed by atoms with Crippen LogP contribution >= 0.6 is 12.2 Å². The van der Waals surface area contributed by atoms with Gasteiger partial charge < -0.3 is 19.7 Å². The fraction of sp³-hybridized carbons (Fsp3) is 0.381. The van der Waals surface area contributed by atoms with E-state index in [2.05, 4.69) is 10.2 Å². The van der Waals surface area contributed by atoms with Crippen LogP contribution in [0.4, 0.5) is 10.1 Å². The largest absolute Gasteiger partial charge is 0.494 e. The first-order valence-electron chi connectivity index (χ1n) is 9.29. The average Bonchev–Trinajstić information content (AvgIpc) is 3.18. The molecule has 27 heavy (non-hydrogen) atoms. The second kappa shape index (κ2) is 9.67. The van der Waals surface area contributed by atoms with Gasteiger partial charge in [0.05, 0.1) is 12.7 Å². The van der Waals surface area contributed by atoms with Crippen molar-refractivity contribution in [2.75, 3.05) is 25.1 Å². The molecular weight excluding hydrogens is 363 g/mol. The fourth-order valence-corrected chi connectivity index (χ4v) is 3.32. The van der Waals surface area contributed by atoms with Crippen molar-refractivity contribution >= 4 is 23.0 Å². The normalized spacial score (nSPS) is 16.1. The molecule has 1 unspecified atom stereocenters. The number of ether oxygens (including phenoxy) is 2. The van der Waals surface area contributed by atoms with Crippen LogP contribution in [0.25, 0.3) is 0 Å². The summed E-state index contributed by atoms with van der Waals surface area (Å²) in [6, 6.07) is 14.2. The van der Waals surface area contributed by atoms with Crippen molar-refractivity contribution in [2.24, 2.45) is 0 Å². The second-order valence-electron chi connectivity index (χ2n) is 6.53. The van der Waals surface area contributed by atoms with Crippen molar-refractivity contribution in [2.45, 2.75) is 32.4 Å². The van der Waals surface area contributed by atoms with E-state index in [0.29, 0.717) is 24.8 Å². The van der Waals surface area contributed by atoms with Gasteiger partial charge in [0.2, 0.25) is 0 Å². The molecule has 0 amide bonds. The number of nitrogens with zero attached hydrogens (tertiary/aromatic N) is 1. The number of hydrogen-bond donors (Lipinski definition) is 1. The van der Waals surface area contributed by atoms with Crippen LogP contribution in [0.3, 0.4) is 0 Å². The van der Waals surface area contributed by atoms with E-state index in [4.69, 9.17) is 21.7 Å². The molecule has 1 saturated heterocycles. The van der Waals surface area contributed by atoms with Crippen molar-refractivity contribution in [3.8, 4) is 5.75 Å². The molecule has 1 atom stereocenters. The van der Waals surface area contributed by atoms with Crippen LogP contribution in [0.2, 0.25) is 0 Å². The Morgan fingerprint density at radius 3 is 2.59 bits per heavy atom. The maximum Gasteiger partial charge on any atom is 0.173 e. The van der Waals surface area contributed by atoms with E-state index in [1.165, 1.54) is 12.1 Å². The predicted octanol–water partition coefficient (Wildman–Crippen LogP) is 4.60. The predicted molar refractivity (Wildman–Crippen MR) is 110 cm³/mol. The number of rotatable bonds is 7. The van der Waals surface area contributed by atoms with Gasteiger partial charge in [0, 0.05) is 25.4 Å². The molecule has 1 fully saturated rings. The number of nitrogens with one attached hydrogen (secondary N) is 1. The Morgan fingerprint density at radius 1 is 1.22 bits per heavy atom. The Kier molecular flexibility index (Phi) is 7.01. The zero-order chi connectivity index (χ0) is 19.1. The van der Waals surface area contributed by atoms with Gasteiger partial charge in [-0.15, -0.1) is 0 Å². The van der Waals surface area contributed by atoms with E-state index in [0.717, 1.165) is 36.4 Å². The van der Waals surface area contributed by atoms with Gasteiger partial charge in [0.1, 0.15) is 11.6 Å². The van der Waals surface area contributed by atoms with Gasteiger partial charge in [-0.2, -0.15) is 0 Å². The zero-order valence-corrected chi connectivity index (χ0v) is 16.3. The van der Waals surface area contributed by atoms with Crippen molar-refractivity contribution in [1.82, 2.24) is 4.90 Å². The van der Waals surface area contributed by atoms with Gasteiger partial charge in [-0.25, -0.2) is 4.39 Å². The second-order valence-corrected chi connectivity index (χ2v) is 6.92. The van der Waals surface area contributed by atoms with Crippen molar-refractivity contribution < 1.29 is 13.9 Å². The van der Waals surface area contributed by atoms with Crippen molar-refractivity contribution in [3.05, 3.63) is 59.9 Å². The van der Waals surface area contributed by atoms with Gasteiger partial charge in [-0.1, -0.05) is 12.1 Å². The molecule has 1 aliphatic heterocycles. The van der Waals surface area contributed by atoms with Crippen LogP contribution < -0.4 is 10.1 Å². The molecule has 1 N–H and O–H groups in total. The third kappa shape index (κ3) is 5.91. The highest BCUT2D eigenvalue weighted by Gasteiger charge is 2.21. The fourth-order valence-electron chi connectivity index (χ4n) is 3.07. The highest BCUT2D eigenvalue weighted by atomic mass is 32.1. The van der Waals surface area contributed by atoms with E-state index in [1.54, 1.807) is 12.1 Å². The molecule has 0 spiro atoms. The van der Waals surface area contributed by atoms with Gasteiger partial charge in [-0.05, 0) is 73.9 Å². The Labute approximate surface area is 165 Å². The lowest BCUT2D eigenvalue weighted by atomic mass is 10.2. The zero-order valence-electron chi connectivity index (χ0n) is 15.5. The summed E-state index contributed by atoms with van der Waals surface area (Å²) in [5.74, 6) is 0.594. The third-order valence-corrected chi connectivity index (χ3v) is 4.80. The van der Waals surface area contributed by atoms with Crippen LogP contribution in [0.5, 0.6) is 5.75 Å². The van der Waals surface area contributed by atoms with Gasteiger partial charge in [0.25, 0.3) is 0 Å². The van der Waals surface area contributed by atoms with Crippen molar-refractivity contribution in [3.63, 3.8) is 0 Å². The van der Waals surface area contributed by atoms with E-state index < -0.39 is 0 Å². The summed E-state index contributed by atoms with van der Waals surface area (Å²) in [6.45, 7) is 4.70. The molecule has 0 radical (unpaired) electrons. The minimum Gasteiger partial charge on any atom is -0.494 e. The molecule has 4 nitrogen and oxygen atoms in total. The maximum absolute atomic E-state index is 13.2.